The molecule has 1 aromatic rings. The Balaban J connectivity index is 2.20. The molecule has 1 saturated heterocycles. The molecule has 2 atom stereocenters. The van der Waals surface area contributed by atoms with Crippen molar-refractivity contribution >= 4 is 11.6 Å². The number of hydrogen-bond acceptors (Lipinski definition) is 5. The zero-order valence-corrected chi connectivity index (χ0v) is 11.5. The SMILES string of the molecule is C/C(O)=C1\C(=O)NC2(C)CC1c1cc([N+](=O)[O-])ccc1O2. The van der Waals surface area contributed by atoms with Gasteiger partial charge in [-0.1, -0.05) is 0 Å². The number of carbonyl (C=O) groups excluding carboxylic acids is 1. The first-order valence-corrected chi connectivity index (χ1v) is 6.50. The maximum absolute atomic E-state index is 12.1. The molecule has 21 heavy (non-hydrogen) atoms. The van der Waals surface area contributed by atoms with Crippen molar-refractivity contribution in [3.05, 3.63) is 45.2 Å². The number of nitro groups is 1. The minimum Gasteiger partial charge on any atom is -0.512 e. The lowest BCUT2D eigenvalue weighted by Crippen LogP contribution is -2.58. The van der Waals surface area contributed by atoms with Crippen LogP contribution in [0, 0.1) is 10.1 Å². The number of fused-ring (bicyclic) bond motifs is 4. The molecule has 7 nitrogen and oxygen atoms in total. The summed E-state index contributed by atoms with van der Waals surface area (Å²) < 4.78 is 5.76. The van der Waals surface area contributed by atoms with Gasteiger partial charge >= 0.3 is 0 Å². The van der Waals surface area contributed by atoms with Gasteiger partial charge in [-0.2, -0.15) is 0 Å². The van der Waals surface area contributed by atoms with Gasteiger partial charge in [0.25, 0.3) is 11.6 Å². The zero-order chi connectivity index (χ0) is 15.4. The monoisotopic (exact) mass is 290 g/mol. The fourth-order valence-corrected chi connectivity index (χ4v) is 3.01. The van der Waals surface area contributed by atoms with Gasteiger partial charge in [0, 0.05) is 30.0 Å². The molecule has 1 aromatic carbocycles. The second-order valence-electron chi connectivity index (χ2n) is 5.52. The third-order valence-electron chi connectivity index (χ3n) is 3.87. The van der Waals surface area contributed by atoms with Crippen LogP contribution in [0.25, 0.3) is 0 Å². The van der Waals surface area contributed by atoms with Gasteiger partial charge in [-0.25, -0.2) is 0 Å². The van der Waals surface area contributed by atoms with E-state index in [9.17, 15) is 20.0 Å². The number of nitrogens with zero attached hydrogens (tertiary/aromatic N) is 1. The summed E-state index contributed by atoms with van der Waals surface area (Å²) in [6.45, 7) is 3.18. The van der Waals surface area contributed by atoms with E-state index in [1.165, 1.54) is 25.1 Å². The Hall–Kier alpha value is -2.57. The van der Waals surface area contributed by atoms with E-state index >= 15 is 0 Å². The van der Waals surface area contributed by atoms with Crippen LogP contribution in [0.3, 0.4) is 0 Å². The number of rotatable bonds is 1. The van der Waals surface area contributed by atoms with Crippen molar-refractivity contribution < 1.29 is 19.6 Å². The Kier molecular flexibility index (Phi) is 2.69. The standard InChI is InChI=1S/C14H14N2O5/c1-7(17)12-10-6-14(2,15-13(12)18)21-11-4-3-8(16(19)20)5-9(10)11/h3-5,10,17H,6H2,1-2H3,(H,15,18)/b12-7+. The van der Waals surface area contributed by atoms with Crippen molar-refractivity contribution in [2.75, 3.05) is 0 Å². The van der Waals surface area contributed by atoms with E-state index in [4.69, 9.17) is 4.74 Å². The molecule has 0 aromatic heterocycles. The van der Waals surface area contributed by atoms with E-state index in [2.05, 4.69) is 5.32 Å². The minimum absolute atomic E-state index is 0.0677. The summed E-state index contributed by atoms with van der Waals surface area (Å²) in [5.74, 6) is -0.430. The van der Waals surface area contributed by atoms with E-state index in [1.807, 2.05) is 0 Å². The summed E-state index contributed by atoms with van der Waals surface area (Å²) in [7, 11) is 0. The summed E-state index contributed by atoms with van der Waals surface area (Å²) in [5.41, 5.74) is -0.150. The van der Waals surface area contributed by atoms with Gasteiger partial charge in [0.05, 0.1) is 16.3 Å². The highest BCUT2D eigenvalue weighted by Gasteiger charge is 2.47. The van der Waals surface area contributed by atoms with Gasteiger partial charge in [0.1, 0.15) is 5.75 Å². The molecule has 7 heteroatoms. The molecule has 2 unspecified atom stereocenters. The Morgan fingerprint density at radius 1 is 1.57 bits per heavy atom. The van der Waals surface area contributed by atoms with Crippen molar-refractivity contribution in [2.45, 2.75) is 31.9 Å². The van der Waals surface area contributed by atoms with Crippen LogP contribution in [-0.4, -0.2) is 21.7 Å². The number of aliphatic hydroxyl groups is 1. The zero-order valence-electron chi connectivity index (χ0n) is 11.5. The third kappa shape index (κ3) is 2.01. The van der Waals surface area contributed by atoms with E-state index in [1.54, 1.807) is 6.92 Å². The molecule has 0 spiro atoms. The van der Waals surface area contributed by atoms with Crippen LogP contribution in [0.2, 0.25) is 0 Å². The Bertz CT molecular complexity index is 693. The Labute approximate surface area is 120 Å². The van der Waals surface area contributed by atoms with E-state index < -0.39 is 22.5 Å². The third-order valence-corrected chi connectivity index (χ3v) is 3.87. The molecule has 0 aliphatic carbocycles. The molecule has 2 aliphatic heterocycles. The molecule has 2 aliphatic rings. The Morgan fingerprint density at radius 2 is 2.29 bits per heavy atom. The van der Waals surface area contributed by atoms with Crippen molar-refractivity contribution in [3.63, 3.8) is 0 Å². The van der Waals surface area contributed by atoms with Crippen LogP contribution < -0.4 is 10.1 Å². The molecule has 3 rings (SSSR count). The quantitative estimate of drug-likeness (QED) is 0.357. The first-order chi connectivity index (χ1) is 9.81. The van der Waals surface area contributed by atoms with Crippen LogP contribution in [0.1, 0.15) is 31.7 Å². The van der Waals surface area contributed by atoms with Crippen LogP contribution in [0.4, 0.5) is 5.69 Å². The number of carbonyl (C=O) groups is 1. The van der Waals surface area contributed by atoms with Crippen molar-refractivity contribution in [1.29, 1.82) is 0 Å². The lowest BCUT2D eigenvalue weighted by molar-refractivity contribution is -0.385. The second kappa shape index (κ2) is 4.21. The van der Waals surface area contributed by atoms with Crippen molar-refractivity contribution in [1.82, 2.24) is 5.32 Å². The summed E-state index contributed by atoms with van der Waals surface area (Å²) in [6.07, 6.45) is 0.417. The number of piperidine rings is 1. The molecule has 1 fully saturated rings. The van der Waals surface area contributed by atoms with E-state index in [-0.39, 0.29) is 17.0 Å². The summed E-state index contributed by atoms with van der Waals surface area (Å²) in [6, 6.07) is 4.29. The molecule has 0 saturated carbocycles. The molecule has 110 valence electrons. The maximum Gasteiger partial charge on any atom is 0.269 e. The van der Waals surface area contributed by atoms with Crippen molar-refractivity contribution in [3.8, 4) is 5.75 Å². The first-order valence-electron chi connectivity index (χ1n) is 6.50. The number of allylic oxidation sites excluding steroid dienone is 1. The number of nitrogens with one attached hydrogen (secondary N) is 1. The van der Waals surface area contributed by atoms with Gasteiger partial charge in [-0.05, 0) is 19.9 Å². The molecular formula is C14H14N2O5. The average Bonchev–Trinajstić information content (AvgIpc) is 2.36. The number of nitro benzene ring substituents is 1. The number of aliphatic hydroxyl groups excluding tert-OH is 1. The number of ether oxygens (including phenoxy) is 1. The van der Waals surface area contributed by atoms with Crippen LogP contribution >= 0.6 is 0 Å². The normalized spacial score (nSPS) is 29.0. The lowest BCUT2D eigenvalue weighted by Gasteiger charge is -2.44. The van der Waals surface area contributed by atoms with Crippen LogP contribution in [-0.2, 0) is 4.79 Å². The molecule has 0 radical (unpaired) electrons. The van der Waals surface area contributed by atoms with Gasteiger partial charge in [0.2, 0.25) is 0 Å². The van der Waals surface area contributed by atoms with Gasteiger partial charge < -0.3 is 15.2 Å². The summed E-state index contributed by atoms with van der Waals surface area (Å²) in [5, 5.41) is 23.4. The fourth-order valence-electron chi connectivity index (χ4n) is 3.01. The molecule has 2 bridgehead atoms. The predicted molar refractivity (Wildman–Crippen MR) is 73.0 cm³/mol. The molecule has 2 heterocycles. The maximum atomic E-state index is 12.1. The van der Waals surface area contributed by atoms with Gasteiger partial charge in [-0.3, -0.25) is 14.9 Å². The minimum atomic E-state index is -0.871. The molecule has 1 amide bonds. The lowest BCUT2D eigenvalue weighted by atomic mass is 9.78. The van der Waals surface area contributed by atoms with Crippen LogP contribution in [0.5, 0.6) is 5.75 Å². The van der Waals surface area contributed by atoms with Gasteiger partial charge in [0.15, 0.2) is 5.72 Å². The highest BCUT2D eigenvalue weighted by molar-refractivity contribution is 5.97. The second-order valence-corrected chi connectivity index (χ2v) is 5.52. The summed E-state index contributed by atoms with van der Waals surface area (Å²) in [4.78, 5) is 22.6. The number of hydrogen-bond donors (Lipinski definition) is 2. The van der Waals surface area contributed by atoms with Crippen LogP contribution in [0.15, 0.2) is 29.5 Å². The number of benzene rings is 1. The van der Waals surface area contributed by atoms with Gasteiger partial charge in [-0.15, -0.1) is 0 Å². The average molecular weight is 290 g/mol. The van der Waals surface area contributed by atoms with Crippen molar-refractivity contribution in [2.24, 2.45) is 0 Å². The number of amides is 1. The fraction of sp³-hybridized carbons (Fsp3) is 0.357. The van der Waals surface area contributed by atoms with E-state index in [0.29, 0.717) is 17.7 Å². The highest BCUT2D eigenvalue weighted by Crippen LogP contribution is 2.47. The number of non-ortho nitro benzene ring substituents is 1. The largest absolute Gasteiger partial charge is 0.512 e. The van der Waals surface area contributed by atoms with E-state index in [0.717, 1.165) is 0 Å². The smallest absolute Gasteiger partial charge is 0.269 e. The highest BCUT2D eigenvalue weighted by atomic mass is 16.6. The predicted octanol–water partition coefficient (Wildman–Crippen LogP) is 2.14. The Morgan fingerprint density at radius 3 is 2.90 bits per heavy atom. The molecular weight excluding hydrogens is 276 g/mol. The first kappa shape index (κ1) is 13.4. The topological polar surface area (TPSA) is 102 Å². The summed E-state index contributed by atoms with van der Waals surface area (Å²) >= 11 is 0. The molecule has 2 N–H and O–H groups in total.